The molecule has 3 nitrogen and oxygen atoms in total. The van der Waals surface area contributed by atoms with E-state index in [0.29, 0.717) is 0 Å². The Labute approximate surface area is 98.4 Å². The summed E-state index contributed by atoms with van der Waals surface area (Å²) < 4.78 is 19.3. The summed E-state index contributed by atoms with van der Waals surface area (Å²) in [6.45, 7) is 0. The highest BCUT2D eigenvalue weighted by Crippen LogP contribution is 2.25. The van der Waals surface area contributed by atoms with Crippen molar-refractivity contribution in [1.29, 1.82) is 0 Å². The van der Waals surface area contributed by atoms with Crippen molar-refractivity contribution in [1.82, 2.24) is 10.2 Å². The minimum Gasteiger partial charge on any atom is -0.419 e. The lowest BCUT2D eigenvalue weighted by atomic mass is 10.2. The topological polar surface area (TPSA) is 38.9 Å². The molecule has 0 N–H and O–H groups in total. The van der Waals surface area contributed by atoms with Gasteiger partial charge in [0.15, 0.2) is 0 Å². The molecule has 0 unspecified atom stereocenters. The van der Waals surface area contributed by atoms with Gasteiger partial charge in [0.05, 0.1) is 5.56 Å². The number of aromatic nitrogens is 2. The number of alkyl halides is 1. The molecule has 0 atom stereocenters. The maximum atomic E-state index is 13.4. The number of hydrogen-bond acceptors (Lipinski definition) is 3. The Balaban J connectivity index is 2.48. The second kappa shape index (κ2) is 4.28. The predicted octanol–water partition coefficient (Wildman–Crippen LogP) is 3.38. The first-order valence-corrected chi connectivity index (χ1v) is 5.37. The van der Waals surface area contributed by atoms with E-state index in [0.717, 1.165) is 4.47 Å². The molecule has 78 valence electrons. The summed E-state index contributed by atoms with van der Waals surface area (Å²) in [4.78, 5) is 0. The van der Waals surface area contributed by atoms with Crippen LogP contribution in [0.25, 0.3) is 11.5 Å². The molecule has 0 spiro atoms. The van der Waals surface area contributed by atoms with E-state index in [1.54, 1.807) is 12.1 Å². The zero-order valence-electron chi connectivity index (χ0n) is 7.38. The van der Waals surface area contributed by atoms with Gasteiger partial charge in [0.25, 0.3) is 5.89 Å². The van der Waals surface area contributed by atoms with Crippen molar-refractivity contribution in [2.24, 2.45) is 0 Å². The molecule has 0 aliphatic rings. The van der Waals surface area contributed by atoms with Gasteiger partial charge < -0.3 is 4.42 Å². The van der Waals surface area contributed by atoms with Crippen LogP contribution in [-0.4, -0.2) is 10.2 Å². The first-order chi connectivity index (χ1) is 7.20. The molecule has 0 saturated heterocycles. The van der Waals surface area contributed by atoms with Gasteiger partial charge in [0.1, 0.15) is 11.7 Å². The fourth-order valence-electron chi connectivity index (χ4n) is 1.08. The van der Waals surface area contributed by atoms with Crippen molar-refractivity contribution in [3.8, 4) is 11.5 Å². The van der Waals surface area contributed by atoms with Gasteiger partial charge in [-0.1, -0.05) is 15.9 Å². The van der Waals surface area contributed by atoms with Gasteiger partial charge in [-0.05, 0) is 18.2 Å². The van der Waals surface area contributed by atoms with Gasteiger partial charge >= 0.3 is 0 Å². The van der Waals surface area contributed by atoms with Crippen LogP contribution in [0.15, 0.2) is 27.1 Å². The van der Waals surface area contributed by atoms with E-state index in [1.807, 2.05) is 0 Å². The predicted molar refractivity (Wildman–Crippen MR) is 56.9 cm³/mol. The van der Waals surface area contributed by atoms with Crippen LogP contribution in [0.3, 0.4) is 0 Å². The number of nitrogens with zero attached hydrogens (tertiary/aromatic N) is 2. The Bertz CT molecular complexity index is 489. The molecule has 0 amide bonds. The fourth-order valence-corrected chi connectivity index (χ4v) is 1.55. The minimum atomic E-state index is -0.414. The van der Waals surface area contributed by atoms with Gasteiger partial charge in [-0.15, -0.1) is 21.8 Å². The van der Waals surface area contributed by atoms with E-state index >= 15 is 0 Å². The van der Waals surface area contributed by atoms with E-state index in [4.69, 9.17) is 16.0 Å². The van der Waals surface area contributed by atoms with Crippen molar-refractivity contribution in [3.63, 3.8) is 0 Å². The van der Waals surface area contributed by atoms with Crippen molar-refractivity contribution in [2.45, 2.75) is 5.88 Å². The number of hydrogen-bond donors (Lipinski definition) is 0. The number of rotatable bonds is 2. The van der Waals surface area contributed by atoms with Crippen LogP contribution in [0.5, 0.6) is 0 Å². The highest BCUT2D eigenvalue weighted by atomic mass is 79.9. The summed E-state index contributed by atoms with van der Waals surface area (Å²) in [6.07, 6.45) is 0. The molecule has 0 saturated carbocycles. The van der Waals surface area contributed by atoms with E-state index in [2.05, 4.69) is 26.1 Å². The Hall–Kier alpha value is -0.940. The van der Waals surface area contributed by atoms with Crippen molar-refractivity contribution < 1.29 is 8.81 Å². The van der Waals surface area contributed by atoms with Gasteiger partial charge in [0, 0.05) is 4.47 Å². The molecule has 0 bridgehead atoms. The highest BCUT2D eigenvalue weighted by Gasteiger charge is 2.12. The summed E-state index contributed by atoms with van der Waals surface area (Å²) >= 11 is 8.73. The number of halogens is 3. The molecule has 15 heavy (non-hydrogen) atoms. The largest absolute Gasteiger partial charge is 0.419 e. The van der Waals surface area contributed by atoms with Gasteiger partial charge in [-0.2, -0.15) is 0 Å². The highest BCUT2D eigenvalue weighted by molar-refractivity contribution is 9.10. The summed E-state index contributed by atoms with van der Waals surface area (Å²) in [5, 5.41) is 7.35. The van der Waals surface area contributed by atoms with Crippen LogP contribution in [0.2, 0.25) is 0 Å². The SMILES string of the molecule is Fc1ccc(Br)cc1-c1nnc(CCl)o1. The van der Waals surface area contributed by atoms with Crippen LogP contribution in [0.4, 0.5) is 4.39 Å². The quantitative estimate of drug-likeness (QED) is 0.796. The van der Waals surface area contributed by atoms with Gasteiger partial charge in [0.2, 0.25) is 5.89 Å². The average Bonchev–Trinajstić information content (AvgIpc) is 2.70. The lowest BCUT2D eigenvalue weighted by Gasteiger charge is -1.97. The average molecular weight is 292 g/mol. The normalized spacial score (nSPS) is 10.6. The fraction of sp³-hybridized carbons (Fsp3) is 0.111. The molecule has 6 heteroatoms. The molecule has 1 aromatic heterocycles. The van der Waals surface area contributed by atoms with Crippen LogP contribution in [0, 0.1) is 5.82 Å². The lowest BCUT2D eigenvalue weighted by Crippen LogP contribution is -1.84. The van der Waals surface area contributed by atoms with E-state index in [1.165, 1.54) is 6.07 Å². The maximum absolute atomic E-state index is 13.4. The Kier molecular flexibility index (Phi) is 3.02. The van der Waals surface area contributed by atoms with E-state index < -0.39 is 5.82 Å². The third-order valence-electron chi connectivity index (χ3n) is 1.74. The Morgan fingerprint density at radius 3 is 2.87 bits per heavy atom. The van der Waals surface area contributed by atoms with Crippen molar-refractivity contribution in [3.05, 3.63) is 34.4 Å². The lowest BCUT2D eigenvalue weighted by molar-refractivity contribution is 0.521. The second-order valence-corrected chi connectivity index (χ2v) is 3.94. The second-order valence-electron chi connectivity index (χ2n) is 2.76. The molecule has 0 radical (unpaired) electrons. The smallest absolute Gasteiger partial charge is 0.250 e. The molecule has 0 fully saturated rings. The first-order valence-electron chi connectivity index (χ1n) is 4.04. The summed E-state index contributed by atoms with van der Waals surface area (Å²) in [5.41, 5.74) is 0.258. The summed E-state index contributed by atoms with van der Waals surface area (Å²) in [5.74, 6) is 0.0984. The molecule has 0 aliphatic heterocycles. The molecule has 0 aliphatic carbocycles. The maximum Gasteiger partial charge on any atom is 0.250 e. The van der Waals surface area contributed by atoms with Gasteiger partial charge in [-0.3, -0.25) is 0 Å². The van der Waals surface area contributed by atoms with E-state index in [9.17, 15) is 4.39 Å². The summed E-state index contributed by atoms with van der Waals surface area (Å²) in [6, 6.07) is 4.49. The third kappa shape index (κ3) is 2.18. The van der Waals surface area contributed by atoms with E-state index in [-0.39, 0.29) is 23.2 Å². The van der Waals surface area contributed by atoms with Crippen molar-refractivity contribution >= 4 is 27.5 Å². The zero-order chi connectivity index (χ0) is 10.8. The molecule has 2 rings (SSSR count). The van der Waals surface area contributed by atoms with Gasteiger partial charge in [-0.25, -0.2) is 4.39 Å². The Morgan fingerprint density at radius 2 is 2.20 bits per heavy atom. The minimum absolute atomic E-state index is 0.114. The number of benzene rings is 1. The third-order valence-corrected chi connectivity index (χ3v) is 2.46. The molecular weight excluding hydrogens is 286 g/mol. The molecular formula is C9H5BrClFN2O. The Morgan fingerprint density at radius 1 is 1.40 bits per heavy atom. The van der Waals surface area contributed by atoms with Crippen molar-refractivity contribution in [2.75, 3.05) is 0 Å². The molecule has 1 heterocycles. The van der Waals surface area contributed by atoms with Crippen LogP contribution in [-0.2, 0) is 5.88 Å². The summed E-state index contributed by atoms with van der Waals surface area (Å²) in [7, 11) is 0. The zero-order valence-corrected chi connectivity index (χ0v) is 9.72. The monoisotopic (exact) mass is 290 g/mol. The standard InChI is InChI=1S/C9H5BrClFN2O/c10-5-1-2-7(12)6(3-5)9-14-13-8(4-11)15-9/h1-3H,4H2. The van der Waals surface area contributed by atoms with Crippen LogP contribution < -0.4 is 0 Å². The first kappa shape index (κ1) is 10.6. The molecule has 1 aromatic carbocycles. The molecule has 2 aromatic rings. The van der Waals surface area contributed by atoms with Crippen LogP contribution in [0.1, 0.15) is 5.89 Å². The van der Waals surface area contributed by atoms with Crippen LogP contribution >= 0.6 is 27.5 Å².